The molecule has 0 spiro atoms. The second-order valence-corrected chi connectivity index (χ2v) is 12.3. The number of carboxylic acids is 2. The summed E-state index contributed by atoms with van der Waals surface area (Å²) in [5.41, 5.74) is 5.77. The van der Waals surface area contributed by atoms with E-state index in [0.29, 0.717) is 5.69 Å². The summed E-state index contributed by atoms with van der Waals surface area (Å²) in [7, 11) is 0. The van der Waals surface area contributed by atoms with Gasteiger partial charge in [-0.2, -0.15) is 0 Å². The molecule has 12 N–H and O–H groups in total. The van der Waals surface area contributed by atoms with Crippen molar-refractivity contribution in [2.24, 2.45) is 11.7 Å². The number of rotatable bonds is 23. The van der Waals surface area contributed by atoms with Crippen LogP contribution in [0.5, 0.6) is 0 Å². The van der Waals surface area contributed by atoms with Crippen LogP contribution in [0.2, 0.25) is 0 Å². The van der Waals surface area contributed by atoms with Crippen LogP contribution in [0, 0.1) is 5.92 Å². The summed E-state index contributed by atoms with van der Waals surface area (Å²) in [5.74, 6) is -8.74. The Balaban J connectivity index is 2.89. The molecule has 0 aliphatic rings. The quantitative estimate of drug-likeness (QED) is 0.0521. The lowest BCUT2D eigenvalue weighted by Gasteiger charge is -2.27. The van der Waals surface area contributed by atoms with E-state index < -0.39 is 102 Å². The summed E-state index contributed by atoms with van der Waals surface area (Å²) in [6.07, 6.45) is 0.454. The third-order valence-electron chi connectivity index (χ3n) is 7.71. The first kappa shape index (κ1) is 44.4. The van der Waals surface area contributed by atoms with E-state index in [1.807, 2.05) is 0 Å². The molecule has 7 amide bonds. The normalized spacial score (nSPS) is 15.5. The summed E-state index contributed by atoms with van der Waals surface area (Å²) in [5, 5.41) is 42.3. The minimum atomic E-state index is -1.65. The van der Waals surface area contributed by atoms with Crippen LogP contribution in [0.15, 0.2) is 12.5 Å². The molecule has 21 heteroatoms. The molecule has 1 rings (SSSR count). The Kier molecular flexibility index (Phi) is 18.4. The van der Waals surface area contributed by atoms with Gasteiger partial charge in [0.15, 0.2) is 0 Å². The first-order valence-electron chi connectivity index (χ1n) is 16.4. The standard InChI is InChI=1S/C31H49N9O12/c1-14(9-10-23(44)45)26(47)35-15(2)27(48)36-16(3)28(49)37-17(4)29(50)40-24(18(5)41)31(52)39-21(11-19-12-33-13-34-19)30(51)38-20(25(32)46)7-6-8-22(42)43/h12-18,20-21,24,41H,6-11H2,1-5H3,(H2,32,46)(H,33,34)(H,35,47)(H,36,48)(H,37,49)(H,38,51)(H,39,52)(H,40,50)(H,42,43)(H,44,45)/t14-,15-,16-,17-,18+,20-,21-,24-/m1/s1. The molecule has 8 atom stereocenters. The predicted octanol–water partition coefficient (Wildman–Crippen LogP) is -3.46. The number of hydrogen-bond acceptors (Lipinski definition) is 11. The van der Waals surface area contributed by atoms with E-state index in [1.165, 1.54) is 47.1 Å². The van der Waals surface area contributed by atoms with Crippen LogP contribution in [0.25, 0.3) is 0 Å². The molecule has 0 saturated carbocycles. The molecule has 0 aliphatic carbocycles. The van der Waals surface area contributed by atoms with Crippen LogP contribution >= 0.6 is 0 Å². The number of nitrogens with one attached hydrogen (secondary N) is 7. The van der Waals surface area contributed by atoms with Crippen molar-refractivity contribution in [3.05, 3.63) is 18.2 Å². The average Bonchev–Trinajstić information content (AvgIpc) is 3.57. The van der Waals surface area contributed by atoms with E-state index in [2.05, 4.69) is 41.9 Å². The Morgan fingerprint density at radius 1 is 0.673 bits per heavy atom. The van der Waals surface area contributed by atoms with E-state index in [4.69, 9.17) is 15.9 Å². The molecule has 1 aromatic rings. The van der Waals surface area contributed by atoms with Crippen molar-refractivity contribution in [2.75, 3.05) is 0 Å². The maximum atomic E-state index is 13.3. The lowest BCUT2D eigenvalue weighted by molar-refractivity contribution is -0.138. The highest BCUT2D eigenvalue weighted by Crippen LogP contribution is 2.07. The van der Waals surface area contributed by atoms with Crippen molar-refractivity contribution in [3.8, 4) is 0 Å². The third-order valence-corrected chi connectivity index (χ3v) is 7.71. The molecule has 21 nitrogen and oxygen atoms in total. The number of primary amides is 1. The van der Waals surface area contributed by atoms with Gasteiger partial charge >= 0.3 is 11.9 Å². The number of carbonyl (C=O) groups is 9. The zero-order chi connectivity index (χ0) is 39.7. The van der Waals surface area contributed by atoms with Gasteiger partial charge in [-0.15, -0.1) is 0 Å². The van der Waals surface area contributed by atoms with Gasteiger partial charge in [-0.05, 0) is 47.0 Å². The zero-order valence-corrected chi connectivity index (χ0v) is 29.6. The second-order valence-electron chi connectivity index (χ2n) is 12.3. The number of hydrogen-bond donors (Lipinski definition) is 11. The van der Waals surface area contributed by atoms with Gasteiger partial charge in [-0.25, -0.2) is 4.98 Å². The molecule has 290 valence electrons. The monoisotopic (exact) mass is 739 g/mol. The maximum Gasteiger partial charge on any atom is 0.303 e. The molecule has 0 fully saturated rings. The number of imidazole rings is 1. The highest BCUT2D eigenvalue weighted by Gasteiger charge is 2.33. The van der Waals surface area contributed by atoms with Crippen LogP contribution in [0.4, 0.5) is 0 Å². The van der Waals surface area contributed by atoms with Gasteiger partial charge in [0.2, 0.25) is 41.4 Å². The summed E-state index contributed by atoms with van der Waals surface area (Å²) < 4.78 is 0. The van der Waals surface area contributed by atoms with Gasteiger partial charge in [0.05, 0.1) is 12.4 Å². The Morgan fingerprint density at radius 3 is 1.63 bits per heavy atom. The molecule has 0 saturated heterocycles. The number of aliphatic hydroxyl groups excluding tert-OH is 1. The Labute approximate surface area is 299 Å². The van der Waals surface area contributed by atoms with Gasteiger partial charge in [-0.1, -0.05) is 6.92 Å². The number of carboxylic acid groups (broad SMARTS) is 2. The van der Waals surface area contributed by atoms with E-state index in [0.717, 1.165) is 0 Å². The van der Waals surface area contributed by atoms with Gasteiger partial charge < -0.3 is 57.9 Å². The number of aliphatic hydroxyl groups is 1. The topological polar surface area (TPSA) is 341 Å². The Hall–Kier alpha value is -5.60. The molecular weight excluding hydrogens is 690 g/mol. The lowest BCUT2D eigenvalue weighted by atomic mass is 10.0. The largest absolute Gasteiger partial charge is 0.481 e. The summed E-state index contributed by atoms with van der Waals surface area (Å²) in [6.45, 7) is 6.63. The summed E-state index contributed by atoms with van der Waals surface area (Å²) >= 11 is 0. The zero-order valence-electron chi connectivity index (χ0n) is 29.6. The van der Waals surface area contributed by atoms with Crippen LogP contribution in [-0.4, -0.2) is 121 Å². The van der Waals surface area contributed by atoms with Crippen molar-refractivity contribution < 1.29 is 58.5 Å². The summed E-state index contributed by atoms with van der Waals surface area (Å²) in [4.78, 5) is 117. The second kappa shape index (κ2) is 21.6. The van der Waals surface area contributed by atoms with Crippen molar-refractivity contribution in [1.29, 1.82) is 0 Å². The van der Waals surface area contributed by atoms with E-state index >= 15 is 0 Å². The Morgan fingerprint density at radius 2 is 1.17 bits per heavy atom. The average molecular weight is 740 g/mol. The van der Waals surface area contributed by atoms with Crippen molar-refractivity contribution >= 4 is 53.3 Å². The molecule has 0 unspecified atom stereocenters. The van der Waals surface area contributed by atoms with Gasteiger partial charge in [0, 0.05) is 37.1 Å². The molecule has 1 heterocycles. The van der Waals surface area contributed by atoms with Crippen LogP contribution in [0.1, 0.15) is 72.4 Å². The molecule has 0 bridgehead atoms. The fourth-order valence-corrected chi connectivity index (χ4v) is 4.49. The number of H-pyrrole nitrogens is 1. The van der Waals surface area contributed by atoms with Crippen LogP contribution in [0.3, 0.4) is 0 Å². The maximum absolute atomic E-state index is 13.3. The number of carbonyl (C=O) groups excluding carboxylic acids is 7. The smallest absolute Gasteiger partial charge is 0.303 e. The first-order valence-corrected chi connectivity index (χ1v) is 16.4. The fourth-order valence-electron chi connectivity index (χ4n) is 4.49. The van der Waals surface area contributed by atoms with Gasteiger partial charge in [-0.3, -0.25) is 43.2 Å². The number of aromatic amines is 1. The third kappa shape index (κ3) is 16.0. The summed E-state index contributed by atoms with van der Waals surface area (Å²) in [6, 6.07) is -7.89. The fraction of sp³-hybridized carbons (Fsp3) is 0.613. The number of aliphatic carboxylic acids is 2. The number of aromatic nitrogens is 2. The Bertz CT molecular complexity index is 1440. The SMILES string of the molecule is C[C@H](CCC(=O)O)C(=O)N[C@H](C)C(=O)N[C@H](C)C(=O)N[C@H](C)C(=O)N[C@@H](C(=O)N[C@H](Cc1cnc[nH]1)C(=O)N[C@H](CCCC(=O)O)C(N)=O)[C@H](C)O. The van der Waals surface area contributed by atoms with Crippen LogP contribution in [-0.2, 0) is 49.6 Å². The minimum absolute atomic E-state index is 0.0189. The predicted molar refractivity (Wildman–Crippen MR) is 179 cm³/mol. The molecule has 0 aromatic carbocycles. The van der Waals surface area contributed by atoms with E-state index in [-0.39, 0.29) is 38.5 Å². The molecular formula is C31H49N9O12. The van der Waals surface area contributed by atoms with Gasteiger partial charge in [0.25, 0.3) is 0 Å². The van der Waals surface area contributed by atoms with Gasteiger partial charge in [0.1, 0.15) is 36.3 Å². The van der Waals surface area contributed by atoms with Crippen LogP contribution < -0.4 is 37.6 Å². The molecule has 0 radical (unpaired) electrons. The van der Waals surface area contributed by atoms with Crippen molar-refractivity contribution in [2.45, 2.75) is 115 Å². The first-order chi connectivity index (χ1) is 24.2. The number of amides is 7. The minimum Gasteiger partial charge on any atom is -0.481 e. The number of nitrogens with two attached hydrogens (primary N) is 1. The highest BCUT2D eigenvalue weighted by atomic mass is 16.4. The number of nitrogens with zero attached hydrogens (tertiary/aromatic N) is 1. The molecule has 1 aromatic heterocycles. The molecule has 52 heavy (non-hydrogen) atoms. The van der Waals surface area contributed by atoms with E-state index in [1.54, 1.807) is 0 Å². The molecule has 0 aliphatic heterocycles. The van der Waals surface area contributed by atoms with E-state index in [9.17, 15) is 48.3 Å². The van der Waals surface area contributed by atoms with Crippen molar-refractivity contribution in [3.63, 3.8) is 0 Å². The lowest BCUT2D eigenvalue weighted by Crippen LogP contribution is -2.61. The highest BCUT2D eigenvalue weighted by molar-refractivity contribution is 5.97. The van der Waals surface area contributed by atoms with Crippen molar-refractivity contribution in [1.82, 2.24) is 41.9 Å².